The SMILES string of the molecule is CCC(CC)(CBr)CN1CCCC2CCCC21. The van der Waals surface area contributed by atoms with Crippen LogP contribution in [0.15, 0.2) is 0 Å². The third kappa shape index (κ3) is 2.89. The standard InChI is InChI=1S/C15H28BrN/c1-3-15(4-2,11-16)12-17-10-6-8-13-7-5-9-14(13)17/h13-14H,3-12H2,1-2H3. The average molecular weight is 302 g/mol. The number of nitrogens with zero attached hydrogens (tertiary/aromatic N) is 1. The van der Waals surface area contributed by atoms with Crippen molar-refractivity contribution in [2.24, 2.45) is 11.3 Å². The van der Waals surface area contributed by atoms with Gasteiger partial charge in [-0.15, -0.1) is 0 Å². The van der Waals surface area contributed by atoms with Crippen molar-refractivity contribution in [3.8, 4) is 0 Å². The van der Waals surface area contributed by atoms with Crippen LogP contribution in [-0.4, -0.2) is 29.4 Å². The Hall–Kier alpha value is 0.440. The lowest BCUT2D eigenvalue weighted by Crippen LogP contribution is -2.48. The van der Waals surface area contributed by atoms with Crippen LogP contribution in [0.1, 0.15) is 58.8 Å². The lowest BCUT2D eigenvalue weighted by atomic mass is 9.82. The van der Waals surface area contributed by atoms with E-state index >= 15 is 0 Å². The highest BCUT2D eigenvalue weighted by Crippen LogP contribution is 2.39. The molecule has 17 heavy (non-hydrogen) atoms. The Labute approximate surface area is 115 Å². The summed E-state index contributed by atoms with van der Waals surface area (Å²) in [5.41, 5.74) is 0.518. The minimum absolute atomic E-state index is 0.518. The summed E-state index contributed by atoms with van der Waals surface area (Å²) in [4.78, 5) is 2.84. The van der Waals surface area contributed by atoms with Gasteiger partial charge in [-0.1, -0.05) is 36.2 Å². The van der Waals surface area contributed by atoms with E-state index in [1.54, 1.807) is 0 Å². The highest BCUT2D eigenvalue weighted by atomic mass is 79.9. The molecule has 1 aliphatic heterocycles. The van der Waals surface area contributed by atoms with Crippen LogP contribution in [-0.2, 0) is 0 Å². The lowest BCUT2D eigenvalue weighted by molar-refractivity contribution is 0.0639. The molecule has 2 fully saturated rings. The first-order chi connectivity index (χ1) is 8.24. The van der Waals surface area contributed by atoms with Gasteiger partial charge in [0, 0.05) is 17.9 Å². The van der Waals surface area contributed by atoms with Crippen molar-refractivity contribution in [2.45, 2.75) is 64.8 Å². The van der Waals surface area contributed by atoms with Gasteiger partial charge in [-0.05, 0) is 56.4 Å². The van der Waals surface area contributed by atoms with Crippen LogP contribution < -0.4 is 0 Å². The highest BCUT2D eigenvalue weighted by molar-refractivity contribution is 9.09. The Kier molecular flexibility index (Phi) is 4.94. The summed E-state index contributed by atoms with van der Waals surface area (Å²) < 4.78 is 0. The van der Waals surface area contributed by atoms with Crippen molar-refractivity contribution in [3.05, 3.63) is 0 Å². The van der Waals surface area contributed by atoms with Gasteiger partial charge in [-0.25, -0.2) is 0 Å². The molecule has 0 amide bonds. The molecule has 2 atom stereocenters. The van der Waals surface area contributed by atoms with Gasteiger partial charge < -0.3 is 0 Å². The molecule has 0 N–H and O–H groups in total. The third-order valence-electron chi connectivity index (χ3n) is 5.43. The Morgan fingerprint density at radius 2 is 1.82 bits per heavy atom. The number of rotatable bonds is 5. The molecule has 1 heterocycles. The molecule has 0 spiro atoms. The van der Waals surface area contributed by atoms with Crippen molar-refractivity contribution in [1.29, 1.82) is 0 Å². The van der Waals surface area contributed by atoms with E-state index in [-0.39, 0.29) is 0 Å². The number of halogens is 1. The summed E-state index contributed by atoms with van der Waals surface area (Å²) >= 11 is 3.77. The van der Waals surface area contributed by atoms with Gasteiger partial charge in [0.1, 0.15) is 0 Å². The molecular weight excluding hydrogens is 274 g/mol. The van der Waals surface area contributed by atoms with Gasteiger partial charge in [0.05, 0.1) is 0 Å². The van der Waals surface area contributed by atoms with Crippen LogP contribution in [0, 0.1) is 11.3 Å². The fourth-order valence-electron chi connectivity index (χ4n) is 3.89. The lowest BCUT2D eigenvalue weighted by Gasteiger charge is -2.43. The topological polar surface area (TPSA) is 3.24 Å². The zero-order chi connectivity index (χ0) is 12.3. The first-order valence-electron chi connectivity index (χ1n) is 7.54. The maximum Gasteiger partial charge on any atom is 0.0124 e. The fourth-order valence-corrected chi connectivity index (χ4v) is 4.86. The van der Waals surface area contributed by atoms with Crippen molar-refractivity contribution in [1.82, 2.24) is 4.90 Å². The summed E-state index contributed by atoms with van der Waals surface area (Å²) in [6.45, 7) is 7.41. The second kappa shape index (κ2) is 6.06. The molecule has 2 rings (SSSR count). The van der Waals surface area contributed by atoms with Crippen LogP contribution in [0.3, 0.4) is 0 Å². The fraction of sp³-hybridized carbons (Fsp3) is 1.00. The first-order valence-corrected chi connectivity index (χ1v) is 8.67. The summed E-state index contributed by atoms with van der Waals surface area (Å²) in [7, 11) is 0. The normalized spacial score (nSPS) is 30.5. The molecule has 2 aliphatic rings. The number of alkyl halides is 1. The second-order valence-electron chi connectivity index (χ2n) is 6.21. The first kappa shape index (κ1) is 13.9. The van der Waals surface area contributed by atoms with Crippen molar-refractivity contribution < 1.29 is 0 Å². The number of likely N-dealkylation sites (tertiary alicyclic amines) is 1. The largest absolute Gasteiger partial charge is 0.300 e. The summed E-state index contributed by atoms with van der Waals surface area (Å²) in [5, 5.41) is 1.17. The molecule has 0 aromatic rings. The predicted octanol–water partition coefficient (Wildman–Crippen LogP) is 4.45. The van der Waals surface area contributed by atoms with E-state index in [0.29, 0.717) is 5.41 Å². The zero-order valence-electron chi connectivity index (χ0n) is 11.6. The molecule has 1 saturated heterocycles. The van der Waals surface area contributed by atoms with Crippen LogP contribution in [0.25, 0.3) is 0 Å². The molecule has 100 valence electrons. The van der Waals surface area contributed by atoms with Gasteiger partial charge in [0.25, 0.3) is 0 Å². The Morgan fingerprint density at radius 3 is 2.47 bits per heavy atom. The quantitative estimate of drug-likeness (QED) is 0.678. The van der Waals surface area contributed by atoms with Gasteiger partial charge >= 0.3 is 0 Å². The molecule has 2 heteroatoms. The van der Waals surface area contributed by atoms with E-state index in [9.17, 15) is 0 Å². The molecule has 1 aliphatic carbocycles. The zero-order valence-corrected chi connectivity index (χ0v) is 13.1. The molecule has 2 unspecified atom stereocenters. The monoisotopic (exact) mass is 301 g/mol. The summed E-state index contributed by atoms with van der Waals surface area (Å²) in [6, 6.07) is 0.931. The molecule has 0 aromatic heterocycles. The number of hydrogen-bond acceptors (Lipinski definition) is 1. The number of hydrogen-bond donors (Lipinski definition) is 0. The smallest absolute Gasteiger partial charge is 0.0124 e. The maximum absolute atomic E-state index is 3.77. The van der Waals surface area contributed by atoms with Gasteiger partial charge in [0.2, 0.25) is 0 Å². The molecule has 0 radical (unpaired) electrons. The van der Waals surface area contributed by atoms with Crippen LogP contribution in [0.5, 0.6) is 0 Å². The minimum Gasteiger partial charge on any atom is -0.300 e. The van der Waals surface area contributed by atoms with E-state index in [2.05, 4.69) is 34.7 Å². The number of piperidine rings is 1. The Bertz CT molecular complexity index is 229. The van der Waals surface area contributed by atoms with E-state index in [4.69, 9.17) is 0 Å². The van der Waals surface area contributed by atoms with Crippen LogP contribution in [0.4, 0.5) is 0 Å². The number of fused-ring (bicyclic) bond motifs is 1. The molecule has 1 nitrogen and oxygen atoms in total. The maximum atomic E-state index is 3.77. The van der Waals surface area contributed by atoms with E-state index in [1.165, 1.54) is 63.4 Å². The molecular formula is C15H28BrN. The Morgan fingerprint density at radius 1 is 1.12 bits per heavy atom. The molecule has 0 bridgehead atoms. The minimum atomic E-state index is 0.518. The van der Waals surface area contributed by atoms with Crippen molar-refractivity contribution >= 4 is 15.9 Å². The van der Waals surface area contributed by atoms with E-state index in [1.807, 2.05) is 0 Å². The van der Waals surface area contributed by atoms with Gasteiger partial charge in [-0.3, -0.25) is 4.90 Å². The van der Waals surface area contributed by atoms with E-state index in [0.717, 1.165) is 12.0 Å². The van der Waals surface area contributed by atoms with Gasteiger partial charge in [-0.2, -0.15) is 0 Å². The summed E-state index contributed by atoms with van der Waals surface area (Å²) in [5.74, 6) is 1.03. The van der Waals surface area contributed by atoms with E-state index < -0.39 is 0 Å². The van der Waals surface area contributed by atoms with Crippen molar-refractivity contribution in [3.63, 3.8) is 0 Å². The van der Waals surface area contributed by atoms with Gasteiger partial charge in [0.15, 0.2) is 0 Å². The van der Waals surface area contributed by atoms with Crippen LogP contribution in [0.2, 0.25) is 0 Å². The summed E-state index contributed by atoms with van der Waals surface area (Å²) in [6.07, 6.45) is 10.0. The van der Waals surface area contributed by atoms with Crippen LogP contribution >= 0.6 is 15.9 Å². The molecule has 1 saturated carbocycles. The average Bonchev–Trinajstić information content (AvgIpc) is 2.85. The Balaban J connectivity index is 2.01. The third-order valence-corrected chi connectivity index (χ3v) is 6.62. The second-order valence-corrected chi connectivity index (χ2v) is 6.77. The highest BCUT2D eigenvalue weighted by Gasteiger charge is 2.38. The van der Waals surface area contributed by atoms with Crippen molar-refractivity contribution in [2.75, 3.05) is 18.4 Å². The molecule has 0 aromatic carbocycles. The predicted molar refractivity (Wildman–Crippen MR) is 78.7 cm³/mol.